The Morgan fingerprint density at radius 3 is 2.46 bits per heavy atom. The van der Waals surface area contributed by atoms with Crippen molar-refractivity contribution in [3.05, 3.63) is 35.9 Å². The van der Waals surface area contributed by atoms with Crippen molar-refractivity contribution >= 4 is 11.8 Å². The summed E-state index contributed by atoms with van der Waals surface area (Å²) >= 11 is 0. The van der Waals surface area contributed by atoms with Gasteiger partial charge in [0.15, 0.2) is 0 Å². The van der Waals surface area contributed by atoms with E-state index in [2.05, 4.69) is 17.0 Å². The molecule has 152 valence electrons. The molecule has 4 aliphatic rings. The van der Waals surface area contributed by atoms with Gasteiger partial charge in [-0.1, -0.05) is 30.3 Å². The van der Waals surface area contributed by atoms with Crippen molar-refractivity contribution < 1.29 is 14.7 Å². The molecule has 3 unspecified atom stereocenters. The summed E-state index contributed by atoms with van der Waals surface area (Å²) in [6, 6.07) is 10.4. The molecular weight excluding hydrogens is 352 g/mol. The van der Waals surface area contributed by atoms with Crippen LogP contribution in [0.3, 0.4) is 0 Å². The lowest BCUT2D eigenvalue weighted by Crippen LogP contribution is -2.58. The van der Waals surface area contributed by atoms with E-state index in [1.165, 1.54) is 12.0 Å². The summed E-state index contributed by atoms with van der Waals surface area (Å²) in [4.78, 5) is 29.7. The highest BCUT2D eigenvalue weighted by Crippen LogP contribution is 2.40. The van der Waals surface area contributed by atoms with Gasteiger partial charge in [-0.3, -0.25) is 9.59 Å². The molecule has 1 aromatic carbocycles. The minimum Gasteiger partial charge on any atom is -0.396 e. The number of carbonyl (C=O) groups is 2. The molecule has 2 bridgehead atoms. The molecule has 0 spiro atoms. The smallest absolute Gasteiger partial charge is 0.226 e. The van der Waals surface area contributed by atoms with E-state index in [0.717, 1.165) is 38.6 Å². The van der Waals surface area contributed by atoms with E-state index in [4.69, 9.17) is 0 Å². The monoisotopic (exact) mass is 384 g/mol. The SMILES string of the molecule is O=C(CCc1ccccc1)N1CCC(C(=O)N2CC3CCC2C(CO)C3)CC1. The maximum Gasteiger partial charge on any atom is 0.226 e. The third kappa shape index (κ3) is 4.09. The van der Waals surface area contributed by atoms with Crippen molar-refractivity contribution in [2.75, 3.05) is 26.2 Å². The molecule has 3 heterocycles. The molecule has 3 saturated heterocycles. The van der Waals surface area contributed by atoms with Crippen LogP contribution in [0.15, 0.2) is 30.3 Å². The molecule has 3 atom stereocenters. The second kappa shape index (κ2) is 8.64. The fourth-order valence-electron chi connectivity index (χ4n) is 5.45. The number of carbonyl (C=O) groups excluding carboxylic acids is 2. The number of benzene rings is 1. The largest absolute Gasteiger partial charge is 0.396 e. The van der Waals surface area contributed by atoms with Gasteiger partial charge in [0.1, 0.15) is 0 Å². The Labute approximate surface area is 167 Å². The van der Waals surface area contributed by atoms with E-state index < -0.39 is 0 Å². The van der Waals surface area contributed by atoms with Gasteiger partial charge in [-0.25, -0.2) is 0 Å². The predicted molar refractivity (Wildman–Crippen MR) is 107 cm³/mol. The average Bonchev–Trinajstić information content (AvgIpc) is 2.78. The number of hydrogen-bond donors (Lipinski definition) is 1. The van der Waals surface area contributed by atoms with E-state index in [9.17, 15) is 14.7 Å². The number of rotatable bonds is 5. The summed E-state index contributed by atoms with van der Waals surface area (Å²) in [5, 5.41) is 9.67. The van der Waals surface area contributed by atoms with Crippen LogP contribution >= 0.6 is 0 Å². The fourth-order valence-corrected chi connectivity index (χ4v) is 5.45. The normalized spacial score (nSPS) is 27.8. The zero-order valence-corrected chi connectivity index (χ0v) is 16.6. The maximum absolute atomic E-state index is 13.1. The van der Waals surface area contributed by atoms with E-state index in [-0.39, 0.29) is 36.3 Å². The lowest BCUT2D eigenvalue weighted by atomic mass is 9.72. The van der Waals surface area contributed by atoms with Gasteiger partial charge in [0.25, 0.3) is 0 Å². The van der Waals surface area contributed by atoms with Crippen molar-refractivity contribution in [3.63, 3.8) is 0 Å². The topological polar surface area (TPSA) is 60.9 Å². The third-order valence-corrected chi connectivity index (χ3v) is 7.09. The Morgan fingerprint density at radius 1 is 1.04 bits per heavy atom. The first kappa shape index (κ1) is 19.4. The van der Waals surface area contributed by atoms with Crippen molar-refractivity contribution in [1.82, 2.24) is 9.80 Å². The molecule has 0 aromatic heterocycles. The van der Waals surface area contributed by atoms with Crippen LogP contribution in [0.5, 0.6) is 0 Å². The van der Waals surface area contributed by atoms with E-state index >= 15 is 0 Å². The highest BCUT2D eigenvalue weighted by atomic mass is 16.3. The average molecular weight is 385 g/mol. The van der Waals surface area contributed by atoms with Crippen LogP contribution in [0.2, 0.25) is 0 Å². The zero-order valence-electron chi connectivity index (χ0n) is 16.6. The van der Waals surface area contributed by atoms with Gasteiger partial charge in [-0.2, -0.15) is 0 Å². The molecule has 1 N–H and O–H groups in total. The van der Waals surface area contributed by atoms with Crippen molar-refractivity contribution in [2.24, 2.45) is 17.8 Å². The molecule has 1 saturated carbocycles. The van der Waals surface area contributed by atoms with Crippen LogP contribution in [-0.2, 0) is 16.0 Å². The lowest BCUT2D eigenvalue weighted by Gasteiger charge is -2.50. The molecule has 5 nitrogen and oxygen atoms in total. The number of fused-ring (bicyclic) bond motifs is 3. The molecular formula is C23H32N2O3. The van der Waals surface area contributed by atoms with E-state index in [1.54, 1.807) is 0 Å². The zero-order chi connectivity index (χ0) is 19.5. The number of aliphatic hydroxyl groups excluding tert-OH is 1. The van der Waals surface area contributed by atoms with Crippen molar-refractivity contribution in [3.8, 4) is 0 Å². The number of likely N-dealkylation sites (tertiary alicyclic amines) is 1. The molecule has 28 heavy (non-hydrogen) atoms. The first-order chi connectivity index (χ1) is 13.7. The quantitative estimate of drug-likeness (QED) is 0.848. The Morgan fingerprint density at radius 2 is 1.79 bits per heavy atom. The summed E-state index contributed by atoms with van der Waals surface area (Å²) in [6.07, 6.45) is 6.16. The van der Waals surface area contributed by atoms with Crippen LogP contribution in [0.25, 0.3) is 0 Å². The molecule has 3 aliphatic heterocycles. The maximum atomic E-state index is 13.1. The number of amides is 2. The second-order valence-corrected chi connectivity index (χ2v) is 8.82. The van der Waals surface area contributed by atoms with Crippen LogP contribution in [0, 0.1) is 17.8 Å². The Bertz CT molecular complexity index is 684. The fraction of sp³-hybridized carbons (Fsp3) is 0.652. The summed E-state index contributed by atoms with van der Waals surface area (Å²) in [6.45, 7) is 2.44. The number of hydrogen-bond acceptors (Lipinski definition) is 3. The number of piperidine rings is 3. The van der Waals surface area contributed by atoms with E-state index in [1.807, 2.05) is 23.1 Å². The molecule has 1 aromatic rings. The first-order valence-corrected chi connectivity index (χ1v) is 10.9. The van der Waals surface area contributed by atoms with E-state index in [0.29, 0.717) is 25.4 Å². The van der Waals surface area contributed by atoms with Gasteiger partial charge in [0.05, 0.1) is 0 Å². The number of nitrogens with zero attached hydrogens (tertiary/aromatic N) is 2. The van der Waals surface area contributed by atoms with Crippen molar-refractivity contribution in [1.29, 1.82) is 0 Å². The summed E-state index contributed by atoms with van der Waals surface area (Å²) in [7, 11) is 0. The Balaban J connectivity index is 1.27. The van der Waals surface area contributed by atoms with Gasteiger partial charge in [-0.05, 0) is 50.0 Å². The molecule has 1 aliphatic carbocycles. The standard InChI is InChI=1S/C23H32N2O3/c26-16-20-14-18-6-8-21(20)25(15-18)23(28)19-10-12-24(13-11-19)22(27)9-7-17-4-2-1-3-5-17/h1-5,18-21,26H,6-16H2. The van der Waals surface area contributed by atoms with Crippen molar-refractivity contribution in [2.45, 2.75) is 51.0 Å². The molecule has 5 rings (SSSR count). The van der Waals surface area contributed by atoms with Gasteiger partial charge in [0.2, 0.25) is 11.8 Å². The number of aryl methyl sites for hydroxylation is 1. The van der Waals surface area contributed by atoms with Gasteiger partial charge in [0, 0.05) is 50.5 Å². The predicted octanol–water partition coefficient (Wildman–Crippen LogP) is 2.48. The molecule has 0 radical (unpaired) electrons. The van der Waals surface area contributed by atoms with Crippen LogP contribution in [0.1, 0.15) is 44.1 Å². The number of aliphatic hydroxyl groups is 1. The van der Waals surface area contributed by atoms with Crippen LogP contribution in [-0.4, -0.2) is 59.0 Å². The Hall–Kier alpha value is -1.88. The summed E-state index contributed by atoms with van der Waals surface area (Å²) in [5.41, 5.74) is 1.19. The third-order valence-electron chi connectivity index (χ3n) is 7.09. The van der Waals surface area contributed by atoms with Gasteiger partial charge in [-0.15, -0.1) is 0 Å². The van der Waals surface area contributed by atoms with Gasteiger partial charge < -0.3 is 14.9 Å². The molecule has 2 amide bonds. The summed E-state index contributed by atoms with van der Waals surface area (Å²) < 4.78 is 0. The molecule has 5 heteroatoms. The Kier molecular flexibility index (Phi) is 6.00. The second-order valence-electron chi connectivity index (χ2n) is 8.82. The minimum atomic E-state index is 0.0388. The summed E-state index contributed by atoms with van der Waals surface area (Å²) in [5.74, 6) is 1.33. The highest BCUT2D eigenvalue weighted by molar-refractivity contribution is 5.81. The van der Waals surface area contributed by atoms with Crippen LogP contribution < -0.4 is 0 Å². The highest BCUT2D eigenvalue weighted by Gasteiger charge is 2.44. The lowest BCUT2D eigenvalue weighted by molar-refractivity contribution is -0.150. The van der Waals surface area contributed by atoms with Gasteiger partial charge >= 0.3 is 0 Å². The first-order valence-electron chi connectivity index (χ1n) is 10.9. The minimum absolute atomic E-state index is 0.0388. The van der Waals surface area contributed by atoms with Crippen LogP contribution in [0.4, 0.5) is 0 Å². The molecule has 4 fully saturated rings.